The molecule has 0 aromatic carbocycles. The molecule has 0 spiro atoms. The monoisotopic (exact) mass is 205 g/mol. The molecule has 1 aliphatic heterocycles. The lowest BCUT2D eigenvalue weighted by Gasteiger charge is -2.26. The molecule has 0 saturated heterocycles. The van der Waals surface area contributed by atoms with Gasteiger partial charge >= 0.3 is 0 Å². The molecule has 1 saturated carbocycles. The third kappa shape index (κ3) is 1.54. The van der Waals surface area contributed by atoms with Crippen molar-refractivity contribution >= 4 is 5.82 Å². The lowest BCUT2D eigenvalue weighted by atomic mass is 9.99. The summed E-state index contributed by atoms with van der Waals surface area (Å²) in [6, 6.07) is 1.17. The fourth-order valence-electron chi connectivity index (χ4n) is 2.54. The smallest absolute Gasteiger partial charge is 0.127 e. The average molecular weight is 205 g/mol. The topological polar surface area (TPSA) is 29.9 Å². The molecule has 1 aromatic heterocycles. The maximum Gasteiger partial charge on any atom is 0.127 e. The third-order valence-corrected chi connectivity index (χ3v) is 3.60. The second-order valence-electron chi connectivity index (χ2n) is 5.18. The number of rotatable bonds is 2. The number of nitrogens with one attached hydrogen (secondary N) is 1. The Morgan fingerprint density at radius 3 is 2.87 bits per heavy atom. The maximum atomic E-state index is 4.47. The zero-order chi connectivity index (χ0) is 10.4. The molecule has 82 valence electrons. The van der Waals surface area contributed by atoms with Crippen molar-refractivity contribution in [2.45, 2.75) is 51.6 Å². The Balaban J connectivity index is 1.88. The van der Waals surface area contributed by atoms with Gasteiger partial charge in [-0.05, 0) is 45.4 Å². The van der Waals surface area contributed by atoms with Crippen LogP contribution in [0.25, 0.3) is 0 Å². The minimum absolute atomic E-state index is 0.458. The summed E-state index contributed by atoms with van der Waals surface area (Å²) in [4.78, 5) is 0. The zero-order valence-electron chi connectivity index (χ0n) is 9.53. The van der Waals surface area contributed by atoms with Crippen LogP contribution in [0.2, 0.25) is 0 Å². The SMILES string of the molecule is CC(C)n1ncc2c1NC(C1CC1)CC2. The molecular formula is C12H19N3. The van der Waals surface area contributed by atoms with E-state index < -0.39 is 0 Å². The van der Waals surface area contributed by atoms with Gasteiger partial charge < -0.3 is 5.32 Å². The first-order valence-electron chi connectivity index (χ1n) is 6.08. The van der Waals surface area contributed by atoms with Gasteiger partial charge in [-0.1, -0.05) is 0 Å². The van der Waals surface area contributed by atoms with Crippen molar-refractivity contribution in [3.8, 4) is 0 Å². The normalized spacial score (nSPS) is 25.1. The van der Waals surface area contributed by atoms with Crippen LogP contribution in [0.5, 0.6) is 0 Å². The quantitative estimate of drug-likeness (QED) is 0.804. The molecule has 1 aromatic rings. The number of anilines is 1. The van der Waals surface area contributed by atoms with Crippen LogP contribution in [-0.2, 0) is 6.42 Å². The fraction of sp³-hybridized carbons (Fsp3) is 0.750. The minimum atomic E-state index is 0.458. The number of hydrogen-bond acceptors (Lipinski definition) is 2. The van der Waals surface area contributed by atoms with Gasteiger partial charge in [-0.15, -0.1) is 0 Å². The van der Waals surface area contributed by atoms with Gasteiger partial charge in [0.1, 0.15) is 5.82 Å². The van der Waals surface area contributed by atoms with E-state index in [1.165, 1.54) is 37.1 Å². The average Bonchev–Trinajstić information content (AvgIpc) is 2.97. The first-order chi connectivity index (χ1) is 7.25. The van der Waals surface area contributed by atoms with Crippen LogP contribution in [0.3, 0.4) is 0 Å². The molecule has 15 heavy (non-hydrogen) atoms. The Kier molecular flexibility index (Phi) is 2.01. The number of nitrogens with zero attached hydrogens (tertiary/aromatic N) is 2. The van der Waals surface area contributed by atoms with Crippen molar-refractivity contribution in [3.05, 3.63) is 11.8 Å². The van der Waals surface area contributed by atoms with E-state index in [9.17, 15) is 0 Å². The zero-order valence-corrected chi connectivity index (χ0v) is 9.53. The van der Waals surface area contributed by atoms with Gasteiger partial charge in [0.05, 0.1) is 6.20 Å². The Morgan fingerprint density at radius 1 is 1.40 bits per heavy atom. The fourth-order valence-corrected chi connectivity index (χ4v) is 2.54. The highest BCUT2D eigenvalue weighted by Crippen LogP contribution is 2.39. The summed E-state index contributed by atoms with van der Waals surface area (Å²) >= 11 is 0. The summed E-state index contributed by atoms with van der Waals surface area (Å²) in [5, 5.41) is 8.15. The summed E-state index contributed by atoms with van der Waals surface area (Å²) in [6.45, 7) is 4.38. The second kappa shape index (κ2) is 3.26. The third-order valence-electron chi connectivity index (χ3n) is 3.60. The molecule has 2 aliphatic rings. The van der Waals surface area contributed by atoms with E-state index in [1.807, 2.05) is 6.20 Å². The van der Waals surface area contributed by atoms with Crippen LogP contribution < -0.4 is 5.32 Å². The van der Waals surface area contributed by atoms with Crippen LogP contribution in [0.4, 0.5) is 5.82 Å². The highest BCUT2D eigenvalue weighted by molar-refractivity contribution is 5.48. The number of hydrogen-bond donors (Lipinski definition) is 1. The molecule has 1 aliphatic carbocycles. The van der Waals surface area contributed by atoms with Gasteiger partial charge in [-0.3, -0.25) is 0 Å². The first-order valence-corrected chi connectivity index (χ1v) is 6.08. The maximum absolute atomic E-state index is 4.47. The summed E-state index contributed by atoms with van der Waals surface area (Å²) < 4.78 is 2.13. The molecule has 0 amide bonds. The van der Waals surface area contributed by atoms with Crippen molar-refractivity contribution in [1.29, 1.82) is 0 Å². The van der Waals surface area contributed by atoms with Crippen molar-refractivity contribution in [2.75, 3.05) is 5.32 Å². The van der Waals surface area contributed by atoms with Crippen LogP contribution in [0.15, 0.2) is 6.20 Å². The second-order valence-corrected chi connectivity index (χ2v) is 5.18. The lowest BCUT2D eigenvalue weighted by Crippen LogP contribution is -2.28. The molecule has 3 rings (SSSR count). The van der Waals surface area contributed by atoms with E-state index in [1.54, 1.807) is 0 Å². The first kappa shape index (κ1) is 9.25. The van der Waals surface area contributed by atoms with E-state index in [0.29, 0.717) is 12.1 Å². The summed E-state index contributed by atoms with van der Waals surface area (Å²) in [5.41, 5.74) is 1.40. The molecular weight excluding hydrogens is 186 g/mol. The molecule has 1 fully saturated rings. The standard InChI is InChI=1S/C12H19N3/c1-8(2)15-12-10(7-13-15)5-6-11(14-12)9-3-4-9/h7-9,11,14H,3-6H2,1-2H3. The van der Waals surface area contributed by atoms with Crippen LogP contribution in [0.1, 0.15) is 44.7 Å². The van der Waals surface area contributed by atoms with Crippen molar-refractivity contribution in [2.24, 2.45) is 5.92 Å². The highest BCUT2D eigenvalue weighted by atomic mass is 15.3. The molecule has 0 radical (unpaired) electrons. The summed E-state index contributed by atoms with van der Waals surface area (Å²) in [5.74, 6) is 2.22. The van der Waals surface area contributed by atoms with Gasteiger partial charge in [-0.25, -0.2) is 4.68 Å². The Bertz CT molecular complexity index is 363. The predicted molar refractivity (Wildman–Crippen MR) is 61.1 cm³/mol. The van der Waals surface area contributed by atoms with E-state index >= 15 is 0 Å². The molecule has 1 atom stereocenters. The van der Waals surface area contributed by atoms with Gasteiger partial charge in [0, 0.05) is 17.6 Å². The van der Waals surface area contributed by atoms with Crippen LogP contribution in [0, 0.1) is 5.92 Å². The molecule has 3 nitrogen and oxygen atoms in total. The van der Waals surface area contributed by atoms with Gasteiger partial charge in [-0.2, -0.15) is 5.10 Å². The van der Waals surface area contributed by atoms with Gasteiger partial charge in [0.2, 0.25) is 0 Å². The van der Waals surface area contributed by atoms with E-state index in [0.717, 1.165) is 5.92 Å². The van der Waals surface area contributed by atoms with E-state index in [-0.39, 0.29) is 0 Å². The predicted octanol–water partition coefficient (Wildman–Crippen LogP) is 2.60. The Morgan fingerprint density at radius 2 is 2.20 bits per heavy atom. The van der Waals surface area contributed by atoms with Crippen molar-refractivity contribution < 1.29 is 0 Å². The molecule has 1 unspecified atom stereocenters. The van der Waals surface area contributed by atoms with Crippen molar-refractivity contribution in [3.63, 3.8) is 0 Å². The number of aryl methyl sites for hydroxylation is 1. The largest absolute Gasteiger partial charge is 0.367 e. The van der Waals surface area contributed by atoms with E-state index in [2.05, 4.69) is 28.9 Å². The van der Waals surface area contributed by atoms with Gasteiger partial charge in [0.15, 0.2) is 0 Å². The van der Waals surface area contributed by atoms with Gasteiger partial charge in [0.25, 0.3) is 0 Å². The Labute approximate surface area is 90.9 Å². The Hall–Kier alpha value is -0.990. The molecule has 1 N–H and O–H groups in total. The molecule has 2 heterocycles. The molecule has 3 heteroatoms. The number of fused-ring (bicyclic) bond motifs is 1. The van der Waals surface area contributed by atoms with Crippen molar-refractivity contribution in [1.82, 2.24) is 9.78 Å². The number of aromatic nitrogens is 2. The highest BCUT2D eigenvalue weighted by Gasteiger charge is 2.34. The summed E-state index contributed by atoms with van der Waals surface area (Å²) in [7, 11) is 0. The van der Waals surface area contributed by atoms with E-state index in [4.69, 9.17) is 0 Å². The molecule has 0 bridgehead atoms. The van der Waals surface area contributed by atoms with Crippen LogP contribution in [-0.4, -0.2) is 15.8 Å². The minimum Gasteiger partial charge on any atom is -0.367 e. The van der Waals surface area contributed by atoms with Crippen LogP contribution >= 0.6 is 0 Å². The summed E-state index contributed by atoms with van der Waals surface area (Å²) in [6.07, 6.45) is 7.37. The lowest BCUT2D eigenvalue weighted by molar-refractivity contribution is 0.512.